The van der Waals surface area contributed by atoms with Crippen LogP contribution < -0.4 is 10.6 Å². The summed E-state index contributed by atoms with van der Waals surface area (Å²) in [4.78, 5) is 4.14. The highest BCUT2D eigenvalue weighted by molar-refractivity contribution is 14.0. The van der Waals surface area contributed by atoms with Crippen LogP contribution in [0.15, 0.2) is 29.3 Å². The van der Waals surface area contributed by atoms with Crippen molar-refractivity contribution in [2.24, 2.45) is 4.99 Å². The van der Waals surface area contributed by atoms with E-state index < -0.39 is 0 Å². The van der Waals surface area contributed by atoms with Crippen molar-refractivity contribution in [1.82, 2.24) is 25.4 Å². The van der Waals surface area contributed by atoms with Crippen LogP contribution in [0.5, 0.6) is 0 Å². The van der Waals surface area contributed by atoms with E-state index in [0.717, 1.165) is 31.0 Å². The van der Waals surface area contributed by atoms with Crippen molar-refractivity contribution in [2.75, 3.05) is 7.05 Å². The summed E-state index contributed by atoms with van der Waals surface area (Å²) in [6.45, 7) is 1.90. The van der Waals surface area contributed by atoms with E-state index in [1.54, 1.807) is 19.2 Å². The molecule has 124 valence electrons. The number of aliphatic imine (C=N–C) groups is 1. The van der Waals surface area contributed by atoms with Gasteiger partial charge in [-0.1, -0.05) is 18.2 Å². The summed E-state index contributed by atoms with van der Waals surface area (Å²) in [5.74, 6) is 2.34. The van der Waals surface area contributed by atoms with Crippen LogP contribution in [0.2, 0.25) is 0 Å². The molecule has 0 saturated carbocycles. The van der Waals surface area contributed by atoms with E-state index in [9.17, 15) is 4.39 Å². The highest BCUT2D eigenvalue weighted by Gasteiger charge is 2.17. The second-order valence-electron chi connectivity index (χ2n) is 5.16. The average molecular weight is 430 g/mol. The molecule has 0 saturated heterocycles. The fourth-order valence-electron chi connectivity index (χ4n) is 2.55. The number of hydrogen-bond acceptors (Lipinski definition) is 3. The number of aromatic nitrogens is 3. The third-order valence-electron chi connectivity index (χ3n) is 3.73. The van der Waals surface area contributed by atoms with Crippen molar-refractivity contribution in [3.63, 3.8) is 0 Å². The zero-order valence-corrected chi connectivity index (χ0v) is 15.3. The zero-order valence-electron chi connectivity index (χ0n) is 12.9. The number of nitrogens with zero attached hydrogens (tertiary/aromatic N) is 4. The van der Waals surface area contributed by atoms with E-state index in [1.807, 2.05) is 6.07 Å². The van der Waals surface area contributed by atoms with Gasteiger partial charge in [-0.2, -0.15) is 0 Å². The minimum atomic E-state index is -0.222. The molecule has 0 spiro atoms. The molecule has 23 heavy (non-hydrogen) atoms. The number of halogens is 2. The van der Waals surface area contributed by atoms with Crippen LogP contribution in [0.1, 0.15) is 23.6 Å². The maximum absolute atomic E-state index is 13.6. The van der Waals surface area contributed by atoms with Gasteiger partial charge in [0.1, 0.15) is 11.6 Å². The maximum Gasteiger partial charge on any atom is 0.191 e. The Labute approximate surface area is 151 Å². The molecule has 0 bridgehead atoms. The lowest BCUT2D eigenvalue weighted by atomic mass is 10.2. The molecule has 2 N–H and O–H groups in total. The van der Waals surface area contributed by atoms with E-state index in [1.165, 1.54) is 6.07 Å². The molecule has 1 aromatic heterocycles. The normalized spacial score (nSPS) is 13.4. The van der Waals surface area contributed by atoms with Crippen molar-refractivity contribution < 1.29 is 4.39 Å². The topological polar surface area (TPSA) is 67.1 Å². The Bertz CT molecular complexity index is 684. The van der Waals surface area contributed by atoms with Gasteiger partial charge in [0.2, 0.25) is 0 Å². The summed E-state index contributed by atoms with van der Waals surface area (Å²) >= 11 is 0. The molecule has 1 aromatic carbocycles. The van der Waals surface area contributed by atoms with Gasteiger partial charge in [-0.3, -0.25) is 4.99 Å². The summed E-state index contributed by atoms with van der Waals surface area (Å²) < 4.78 is 15.7. The molecule has 0 atom stereocenters. The molecular weight excluding hydrogens is 410 g/mol. The monoisotopic (exact) mass is 430 g/mol. The van der Waals surface area contributed by atoms with Crippen LogP contribution in [0.4, 0.5) is 4.39 Å². The van der Waals surface area contributed by atoms with Gasteiger partial charge in [-0.15, -0.1) is 34.2 Å². The third-order valence-corrected chi connectivity index (χ3v) is 3.73. The van der Waals surface area contributed by atoms with Crippen LogP contribution >= 0.6 is 24.0 Å². The molecule has 1 aliphatic heterocycles. The summed E-state index contributed by atoms with van der Waals surface area (Å²) in [6.07, 6.45) is 2.12. The van der Waals surface area contributed by atoms with Gasteiger partial charge >= 0.3 is 0 Å². The quantitative estimate of drug-likeness (QED) is 0.442. The summed E-state index contributed by atoms with van der Waals surface area (Å²) in [5.41, 5.74) is 0.605. The van der Waals surface area contributed by atoms with Crippen LogP contribution in [0.3, 0.4) is 0 Å². The van der Waals surface area contributed by atoms with Gasteiger partial charge in [0.15, 0.2) is 11.8 Å². The van der Waals surface area contributed by atoms with Crippen LogP contribution in [-0.4, -0.2) is 27.8 Å². The van der Waals surface area contributed by atoms with E-state index >= 15 is 0 Å². The molecule has 8 heteroatoms. The number of guanidine groups is 1. The molecule has 0 aliphatic carbocycles. The third kappa shape index (κ3) is 4.18. The van der Waals surface area contributed by atoms with Crippen molar-refractivity contribution in [3.8, 4) is 0 Å². The average Bonchev–Trinajstić information content (AvgIpc) is 3.13. The summed E-state index contributed by atoms with van der Waals surface area (Å²) in [7, 11) is 1.69. The Morgan fingerprint density at radius 1 is 1.26 bits per heavy atom. The largest absolute Gasteiger partial charge is 0.352 e. The first-order chi connectivity index (χ1) is 10.8. The Kier molecular flexibility index (Phi) is 6.31. The van der Waals surface area contributed by atoms with Gasteiger partial charge in [0.25, 0.3) is 0 Å². The molecule has 0 amide bonds. The van der Waals surface area contributed by atoms with E-state index in [2.05, 4.69) is 30.4 Å². The molecular formula is C15H20FIN6. The first-order valence-electron chi connectivity index (χ1n) is 7.37. The predicted octanol–water partition coefficient (Wildman–Crippen LogP) is 1.85. The van der Waals surface area contributed by atoms with Crippen molar-refractivity contribution >= 4 is 29.9 Å². The minimum Gasteiger partial charge on any atom is -0.352 e. The number of rotatable bonds is 4. The van der Waals surface area contributed by atoms with Gasteiger partial charge < -0.3 is 15.2 Å². The first kappa shape index (κ1) is 17.6. The lowest BCUT2D eigenvalue weighted by Gasteiger charge is -2.12. The number of nitrogens with one attached hydrogen (secondary N) is 2. The van der Waals surface area contributed by atoms with Crippen LogP contribution in [0.25, 0.3) is 0 Å². The minimum absolute atomic E-state index is 0. The molecule has 2 heterocycles. The van der Waals surface area contributed by atoms with E-state index in [4.69, 9.17) is 0 Å². The number of hydrogen-bond donors (Lipinski definition) is 2. The summed E-state index contributed by atoms with van der Waals surface area (Å²) in [5, 5.41) is 14.6. The smallest absolute Gasteiger partial charge is 0.191 e. The molecule has 0 radical (unpaired) electrons. The van der Waals surface area contributed by atoms with Crippen LogP contribution in [0, 0.1) is 5.82 Å². The Hall–Kier alpha value is -1.71. The van der Waals surface area contributed by atoms with E-state index in [0.29, 0.717) is 24.6 Å². The number of benzene rings is 1. The SMILES string of the molecule is CN=C(NCc1ccccc1F)NCc1nnc2n1CCC2.I. The van der Waals surface area contributed by atoms with Crippen molar-refractivity contribution in [3.05, 3.63) is 47.3 Å². The molecule has 0 fully saturated rings. The highest BCUT2D eigenvalue weighted by Crippen LogP contribution is 2.13. The van der Waals surface area contributed by atoms with Crippen molar-refractivity contribution in [1.29, 1.82) is 0 Å². The standard InChI is InChI=1S/C15H19FN6.HI/c1-17-15(18-9-11-5-2-3-6-12(11)16)19-10-14-21-20-13-7-4-8-22(13)14;/h2-3,5-6H,4,7-10H2,1H3,(H2,17,18,19);1H. The molecule has 0 unspecified atom stereocenters. The second-order valence-corrected chi connectivity index (χ2v) is 5.16. The molecule has 6 nitrogen and oxygen atoms in total. The Morgan fingerprint density at radius 2 is 2.04 bits per heavy atom. The zero-order chi connectivity index (χ0) is 15.4. The number of fused-ring (bicyclic) bond motifs is 1. The Morgan fingerprint density at radius 3 is 2.83 bits per heavy atom. The lowest BCUT2D eigenvalue weighted by Crippen LogP contribution is -2.37. The first-order valence-corrected chi connectivity index (χ1v) is 7.37. The van der Waals surface area contributed by atoms with Crippen molar-refractivity contribution in [2.45, 2.75) is 32.5 Å². The summed E-state index contributed by atoms with van der Waals surface area (Å²) in [6, 6.07) is 6.70. The van der Waals surface area contributed by atoms with Gasteiger partial charge in [0, 0.05) is 32.1 Å². The molecule has 2 aromatic rings. The highest BCUT2D eigenvalue weighted by atomic mass is 127. The van der Waals surface area contributed by atoms with Crippen LogP contribution in [-0.2, 0) is 26.1 Å². The molecule has 3 rings (SSSR count). The maximum atomic E-state index is 13.6. The van der Waals surface area contributed by atoms with Gasteiger partial charge in [-0.05, 0) is 12.5 Å². The fourth-order valence-corrected chi connectivity index (χ4v) is 2.55. The Balaban J connectivity index is 0.00000192. The van der Waals surface area contributed by atoms with E-state index in [-0.39, 0.29) is 29.8 Å². The predicted molar refractivity (Wildman–Crippen MR) is 97.2 cm³/mol. The van der Waals surface area contributed by atoms with Gasteiger partial charge in [0.05, 0.1) is 6.54 Å². The number of aryl methyl sites for hydroxylation is 1. The second kappa shape index (κ2) is 8.23. The lowest BCUT2D eigenvalue weighted by molar-refractivity contribution is 0.603. The fraction of sp³-hybridized carbons (Fsp3) is 0.400. The van der Waals surface area contributed by atoms with Gasteiger partial charge in [-0.25, -0.2) is 4.39 Å². The molecule has 1 aliphatic rings.